The zero-order valence-corrected chi connectivity index (χ0v) is 12.8. The van der Waals surface area contributed by atoms with Gasteiger partial charge in [-0.05, 0) is 54.8 Å². The molecule has 1 N–H and O–H groups in total. The molecule has 0 saturated heterocycles. The molecule has 2 nitrogen and oxygen atoms in total. The first kappa shape index (κ1) is 15.0. The summed E-state index contributed by atoms with van der Waals surface area (Å²) in [4.78, 5) is 0. The Hall–Kier alpha value is -1.39. The lowest BCUT2D eigenvalue weighted by Crippen LogP contribution is -2.31. The molecule has 0 radical (unpaired) electrons. The van der Waals surface area contributed by atoms with E-state index in [4.69, 9.17) is 4.74 Å². The van der Waals surface area contributed by atoms with Crippen LogP contribution in [0.3, 0.4) is 0 Å². The monoisotopic (exact) mass is 293 g/mol. The molecule has 0 aliphatic heterocycles. The number of hydrogen-bond donors (Lipinski definition) is 1. The SMILES string of the molecule is COc1cccc(F)c1C(C)NC(C)Cc1ccsc1. The smallest absolute Gasteiger partial charge is 0.131 e. The van der Waals surface area contributed by atoms with E-state index in [0.717, 1.165) is 6.42 Å². The largest absolute Gasteiger partial charge is 0.496 e. The summed E-state index contributed by atoms with van der Waals surface area (Å²) < 4.78 is 19.3. The summed E-state index contributed by atoms with van der Waals surface area (Å²) in [5.41, 5.74) is 1.90. The van der Waals surface area contributed by atoms with Crippen molar-refractivity contribution in [3.05, 3.63) is 52.0 Å². The van der Waals surface area contributed by atoms with Crippen LogP contribution in [0, 0.1) is 5.82 Å². The molecule has 1 aromatic carbocycles. The van der Waals surface area contributed by atoms with Gasteiger partial charge in [0.05, 0.1) is 7.11 Å². The Balaban J connectivity index is 2.06. The molecule has 0 fully saturated rings. The van der Waals surface area contributed by atoms with E-state index in [9.17, 15) is 4.39 Å². The fourth-order valence-corrected chi connectivity index (χ4v) is 3.13. The van der Waals surface area contributed by atoms with E-state index in [-0.39, 0.29) is 17.9 Å². The van der Waals surface area contributed by atoms with E-state index < -0.39 is 0 Å². The molecule has 1 aromatic heterocycles. The molecule has 0 aliphatic carbocycles. The van der Waals surface area contributed by atoms with E-state index >= 15 is 0 Å². The summed E-state index contributed by atoms with van der Waals surface area (Å²) in [5, 5.41) is 7.65. The normalized spacial score (nSPS) is 14.0. The van der Waals surface area contributed by atoms with E-state index in [1.54, 1.807) is 30.6 Å². The number of rotatable bonds is 6. The fraction of sp³-hybridized carbons (Fsp3) is 0.375. The summed E-state index contributed by atoms with van der Waals surface area (Å²) in [5.74, 6) is 0.361. The highest BCUT2D eigenvalue weighted by Gasteiger charge is 2.18. The quantitative estimate of drug-likeness (QED) is 0.862. The Bertz CT molecular complexity index is 541. The molecule has 1 heterocycles. The highest BCUT2D eigenvalue weighted by Crippen LogP contribution is 2.28. The molecule has 0 saturated carbocycles. The average molecular weight is 293 g/mol. The van der Waals surface area contributed by atoms with Crippen molar-refractivity contribution in [2.24, 2.45) is 0 Å². The number of thiophene rings is 1. The van der Waals surface area contributed by atoms with Gasteiger partial charge in [-0.25, -0.2) is 4.39 Å². The number of nitrogens with one attached hydrogen (secondary N) is 1. The van der Waals surface area contributed by atoms with Crippen molar-refractivity contribution in [3.8, 4) is 5.75 Å². The maximum atomic E-state index is 14.0. The lowest BCUT2D eigenvalue weighted by molar-refractivity contribution is 0.386. The van der Waals surface area contributed by atoms with E-state index in [2.05, 4.69) is 29.1 Å². The second kappa shape index (κ2) is 6.86. The third kappa shape index (κ3) is 3.58. The zero-order valence-electron chi connectivity index (χ0n) is 12.0. The lowest BCUT2D eigenvalue weighted by atomic mass is 10.0. The van der Waals surface area contributed by atoms with Crippen LogP contribution in [0.5, 0.6) is 5.75 Å². The number of benzene rings is 1. The minimum absolute atomic E-state index is 0.0974. The predicted molar refractivity (Wildman–Crippen MR) is 82.0 cm³/mol. The van der Waals surface area contributed by atoms with Gasteiger partial charge in [-0.1, -0.05) is 6.07 Å². The van der Waals surface area contributed by atoms with Gasteiger partial charge in [0.25, 0.3) is 0 Å². The van der Waals surface area contributed by atoms with Gasteiger partial charge in [0.1, 0.15) is 11.6 Å². The fourth-order valence-electron chi connectivity index (χ4n) is 2.45. The minimum Gasteiger partial charge on any atom is -0.496 e. The molecular formula is C16H20FNOS. The molecular weight excluding hydrogens is 273 g/mol. The van der Waals surface area contributed by atoms with Crippen LogP contribution in [-0.4, -0.2) is 13.2 Å². The molecule has 2 rings (SSSR count). The van der Waals surface area contributed by atoms with Gasteiger partial charge >= 0.3 is 0 Å². The standard InChI is InChI=1S/C16H20FNOS/c1-11(9-13-7-8-20-10-13)18-12(2)16-14(17)5-4-6-15(16)19-3/h4-8,10-12,18H,9H2,1-3H3. The summed E-state index contributed by atoms with van der Waals surface area (Å²) in [6.07, 6.45) is 0.935. The molecule has 2 unspecified atom stereocenters. The highest BCUT2D eigenvalue weighted by atomic mass is 32.1. The summed E-state index contributed by atoms with van der Waals surface area (Å²) in [6.45, 7) is 4.08. The van der Waals surface area contributed by atoms with Gasteiger partial charge in [0.15, 0.2) is 0 Å². The molecule has 2 aromatic rings. The number of halogens is 1. The first-order chi connectivity index (χ1) is 9.61. The molecule has 108 valence electrons. The van der Waals surface area contributed by atoms with Gasteiger partial charge in [-0.2, -0.15) is 11.3 Å². The molecule has 4 heteroatoms. The van der Waals surface area contributed by atoms with Crippen molar-refractivity contribution < 1.29 is 9.13 Å². The maximum Gasteiger partial charge on any atom is 0.131 e. The number of ether oxygens (including phenoxy) is 1. The summed E-state index contributed by atoms with van der Waals surface area (Å²) >= 11 is 1.70. The minimum atomic E-state index is -0.230. The third-order valence-electron chi connectivity index (χ3n) is 3.32. The second-order valence-electron chi connectivity index (χ2n) is 4.98. The van der Waals surface area contributed by atoms with Crippen LogP contribution in [0.4, 0.5) is 4.39 Å². The second-order valence-corrected chi connectivity index (χ2v) is 5.76. The van der Waals surface area contributed by atoms with Crippen LogP contribution >= 0.6 is 11.3 Å². The van der Waals surface area contributed by atoms with E-state index in [1.165, 1.54) is 11.6 Å². The topological polar surface area (TPSA) is 21.3 Å². The highest BCUT2D eigenvalue weighted by molar-refractivity contribution is 7.07. The Kier molecular flexibility index (Phi) is 5.15. The van der Waals surface area contributed by atoms with Crippen molar-refractivity contribution in [1.82, 2.24) is 5.32 Å². The van der Waals surface area contributed by atoms with Crippen LogP contribution in [0.25, 0.3) is 0 Å². The predicted octanol–water partition coefficient (Wildman–Crippen LogP) is 4.18. The van der Waals surface area contributed by atoms with Crippen molar-refractivity contribution in [2.75, 3.05) is 7.11 Å². The van der Waals surface area contributed by atoms with Crippen LogP contribution in [0.2, 0.25) is 0 Å². The molecule has 0 bridgehead atoms. The van der Waals surface area contributed by atoms with Crippen LogP contribution in [-0.2, 0) is 6.42 Å². The molecule has 0 spiro atoms. The Morgan fingerprint density at radius 3 is 2.75 bits per heavy atom. The molecule has 20 heavy (non-hydrogen) atoms. The maximum absolute atomic E-state index is 14.0. The summed E-state index contributed by atoms with van der Waals surface area (Å²) in [7, 11) is 1.57. The van der Waals surface area contributed by atoms with Crippen LogP contribution in [0.1, 0.15) is 31.0 Å². The van der Waals surface area contributed by atoms with Crippen LogP contribution < -0.4 is 10.1 Å². The molecule has 0 amide bonds. The number of methoxy groups -OCH3 is 1. The zero-order chi connectivity index (χ0) is 14.5. The average Bonchev–Trinajstić information content (AvgIpc) is 2.90. The third-order valence-corrected chi connectivity index (χ3v) is 4.05. The van der Waals surface area contributed by atoms with Gasteiger partial charge in [-0.15, -0.1) is 0 Å². The first-order valence-electron chi connectivity index (χ1n) is 6.71. The molecule has 2 atom stereocenters. The summed E-state index contributed by atoms with van der Waals surface area (Å²) in [6, 6.07) is 7.22. The Morgan fingerprint density at radius 1 is 1.30 bits per heavy atom. The van der Waals surface area contributed by atoms with E-state index in [1.807, 2.05) is 6.92 Å². The Morgan fingerprint density at radius 2 is 2.10 bits per heavy atom. The van der Waals surface area contributed by atoms with Crippen molar-refractivity contribution in [1.29, 1.82) is 0 Å². The molecule has 0 aliphatic rings. The van der Waals surface area contributed by atoms with Crippen molar-refractivity contribution in [3.63, 3.8) is 0 Å². The van der Waals surface area contributed by atoms with Gasteiger partial charge < -0.3 is 10.1 Å². The van der Waals surface area contributed by atoms with Crippen LogP contribution in [0.15, 0.2) is 35.0 Å². The van der Waals surface area contributed by atoms with E-state index in [0.29, 0.717) is 11.3 Å². The number of hydrogen-bond acceptors (Lipinski definition) is 3. The Labute approximate surface area is 123 Å². The lowest BCUT2D eigenvalue weighted by Gasteiger charge is -2.22. The van der Waals surface area contributed by atoms with Crippen molar-refractivity contribution in [2.45, 2.75) is 32.4 Å². The van der Waals surface area contributed by atoms with Crippen molar-refractivity contribution >= 4 is 11.3 Å². The first-order valence-corrected chi connectivity index (χ1v) is 7.65. The van der Waals surface area contributed by atoms with Gasteiger partial charge in [-0.3, -0.25) is 0 Å². The van der Waals surface area contributed by atoms with Gasteiger partial charge in [0.2, 0.25) is 0 Å². The van der Waals surface area contributed by atoms with Gasteiger partial charge in [0, 0.05) is 17.6 Å².